The third kappa shape index (κ3) is 3.02. The number of hydrogen-bond acceptors (Lipinski definition) is 7. The van der Waals surface area contributed by atoms with Crippen molar-refractivity contribution < 1.29 is 0 Å². The maximum Gasteiger partial charge on any atom is 0.227 e. The van der Waals surface area contributed by atoms with Gasteiger partial charge < -0.3 is 14.7 Å². The summed E-state index contributed by atoms with van der Waals surface area (Å²) < 4.78 is 0. The average molecular weight is 371 g/mol. The van der Waals surface area contributed by atoms with E-state index in [0.29, 0.717) is 0 Å². The molecule has 2 aromatic heterocycles. The van der Waals surface area contributed by atoms with Crippen LogP contribution in [0.1, 0.15) is 35.5 Å². The SMILES string of the molecule is Cc1cc(N2CCN(c3nc4c(s3)CCC4)CC2)nc(N2CCCC2)n1. The summed E-state index contributed by atoms with van der Waals surface area (Å²) in [4.78, 5) is 23.1. The molecule has 0 radical (unpaired) electrons. The Hall–Kier alpha value is -1.89. The number of aromatic nitrogens is 3. The van der Waals surface area contributed by atoms with Gasteiger partial charge in [-0.15, -0.1) is 11.3 Å². The second-order valence-corrected chi connectivity index (χ2v) is 8.62. The van der Waals surface area contributed by atoms with Crippen LogP contribution in [0.15, 0.2) is 6.07 Å². The molecule has 138 valence electrons. The van der Waals surface area contributed by atoms with Crippen LogP contribution in [0, 0.1) is 6.92 Å². The molecule has 2 aromatic rings. The maximum absolute atomic E-state index is 4.89. The van der Waals surface area contributed by atoms with E-state index in [1.165, 1.54) is 47.8 Å². The molecule has 0 bridgehead atoms. The molecule has 2 fully saturated rings. The maximum atomic E-state index is 4.89. The van der Waals surface area contributed by atoms with Crippen LogP contribution in [0.5, 0.6) is 0 Å². The van der Waals surface area contributed by atoms with Crippen molar-refractivity contribution in [1.82, 2.24) is 15.0 Å². The Morgan fingerprint density at radius 1 is 0.808 bits per heavy atom. The number of hydrogen-bond donors (Lipinski definition) is 0. The van der Waals surface area contributed by atoms with E-state index in [0.717, 1.165) is 56.7 Å². The normalized spacial score (nSPS) is 20.1. The van der Waals surface area contributed by atoms with E-state index in [9.17, 15) is 0 Å². The molecule has 4 heterocycles. The standard InChI is InChI=1S/C19H26N6S/c1-14-13-17(22-18(20-14)24-7-2-3-8-24)23-9-11-25(12-10-23)19-21-15-5-4-6-16(15)26-19/h13H,2-12H2,1H3. The zero-order chi connectivity index (χ0) is 17.5. The highest BCUT2D eigenvalue weighted by molar-refractivity contribution is 7.15. The van der Waals surface area contributed by atoms with Crippen LogP contribution in [0.4, 0.5) is 16.9 Å². The summed E-state index contributed by atoms with van der Waals surface area (Å²) in [6.07, 6.45) is 6.19. The highest BCUT2D eigenvalue weighted by Crippen LogP contribution is 2.33. The third-order valence-corrected chi connectivity index (χ3v) is 6.89. The van der Waals surface area contributed by atoms with Gasteiger partial charge >= 0.3 is 0 Å². The Kier molecular flexibility index (Phi) is 4.19. The molecule has 6 nitrogen and oxygen atoms in total. The summed E-state index contributed by atoms with van der Waals surface area (Å²) in [5, 5.41) is 1.23. The lowest BCUT2D eigenvalue weighted by Crippen LogP contribution is -2.47. The minimum Gasteiger partial charge on any atom is -0.353 e. The van der Waals surface area contributed by atoms with E-state index in [4.69, 9.17) is 9.97 Å². The summed E-state index contributed by atoms with van der Waals surface area (Å²) in [5.41, 5.74) is 2.42. The summed E-state index contributed by atoms with van der Waals surface area (Å²) in [7, 11) is 0. The zero-order valence-electron chi connectivity index (χ0n) is 15.4. The minimum atomic E-state index is 0.913. The molecule has 2 saturated heterocycles. The molecule has 0 aromatic carbocycles. The van der Waals surface area contributed by atoms with Gasteiger partial charge in [-0.2, -0.15) is 4.98 Å². The molecule has 0 amide bonds. The van der Waals surface area contributed by atoms with Gasteiger partial charge in [-0.3, -0.25) is 0 Å². The summed E-state index contributed by atoms with van der Waals surface area (Å²) in [6.45, 7) is 8.30. The fourth-order valence-electron chi connectivity index (χ4n) is 4.20. The van der Waals surface area contributed by atoms with E-state index in [2.05, 4.69) is 32.7 Å². The van der Waals surface area contributed by atoms with E-state index in [-0.39, 0.29) is 0 Å². The van der Waals surface area contributed by atoms with E-state index in [1.54, 1.807) is 0 Å². The number of nitrogens with zero attached hydrogens (tertiary/aromatic N) is 6. The molecule has 2 aliphatic heterocycles. The molecule has 0 unspecified atom stereocenters. The lowest BCUT2D eigenvalue weighted by Gasteiger charge is -2.35. The highest BCUT2D eigenvalue weighted by atomic mass is 32.1. The summed E-state index contributed by atoms with van der Waals surface area (Å²) >= 11 is 1.91. The Bertz CT molecular complexity index is 768. The first-order valence-electron chi connectivity index (χ1n) is 9.85. The van der Waals surface area contributed by atoms with E-state index >= 15 is 0 Å². The molecular weight excluding hydrogens is 344 g/mol. The summed E-state index contributed by atoms with van der Waals surface area (Å²) in [6, 6.07) is 2.13. The lowest BCUT2D eigenvalue weighted by atomic mass is 10.3. The number of thiazole rings is 1. The van der Waals surface area contributed by atoms with Crippen LogP contribution in [-0.4, -0.2) is 54.2 Å². The van der Waals surface area contributed by atoms with Crippen LogP contribution in [-0.2, 0) is 12.8 Å². The molecule has 3 aliphatic rings. The van der Waals surface area contributed by atoms with Gasteiger partial charge in [0.25, 0.3) is 0 Å². The monoisotopic (exact) mass is 370 g/mol. The second kappa shape index (κ2) is 6.68. The number of aryl methyl sites for hydroxylation is 3. The van der Waals surface area contributed by atoms with Crippen molar-refractivity contribution in [2.75, 3.05) is 54.0 Å². The highest BCUT2D eigenvalue weighted by Gasteiger charge is 2.25. The lowest BCUT2D eigenvalue weighted by molar-refractivity contribution is 0.643. The van der Waals surface area contributed by atoms with Crippen LogP contribution in [0.3, 0.4) is 0 Å². The molecule has 26 heavy (non-hydrogen) atoms. The molecule has 0 N–H and O–H groups in total. The number of anilines is 3. The van der Waals surface area contributed by atoms with Crippen molar-refractivity contribution in [3.05, 3.63) is 22.3 Å². The third-order valence-electron chi connectivity index (χ3n) is 5.68. The van der Waals surface area contributed by atoms with Gasteiger partial charge in [0.2, 0.25) is 5.95 Å². The summed E-state index contributed by atoms with van der Waals surface area (Å²) in [5.74, 6) is 2.00. The Labute approximate surface area is 158 Å². The topological polar surface area (TPSA) is 48.4 Å². The number of rotatable bonds is 3. The fraction of sp³-hybridized carbons (Fsp3) is 0.632. The quantitative estimate of drug-likeness (QED) is 0.828. The molecule has 5 rings (SSSR count). The number of fused-ring (bicyclic) bond motifs is 1. The van der Waals surface area contributed by atoms with Gasteiger partial charge in [0.05, 0.1) is 5.69 Å². The molecule has 0 atom stereocenters. The Morgan fingerprint density at radius 3 is 2.35 bits per heavy atom. The molecular formula is C19H26N6S. The largest absolute Gasteiger partial charge is 0.353 e. The minimum absolute atomic E-state index is 0.913. The van der Waals surface area contributed by atoms with Crippen molar-refractivity contribution in [2.24, 2.45) is 0 Å². The van der Waals surface area contributed by atoms with E-state index < -0.39 is 0 Å². The van der Waals surface area contributed by atoms with Gasteiger partial charge in [0, 0.05) is 55.9 Å². The first-order chi connectivity index (χ1) is 12.8. The van der Waals surface area contributed by atoms with Crippen LogP contribution in [0.25, 0.3) is 0 Å². The molecule has 1 aliphatic carbocycles. The van der Waals surface area contributed by atoms with Crippen molar-refractivity contribution in [2.45, 2.75) is 39.0 Å². The van der Waals surface area contributed by atoms with Crippen molar-refractivity contribution in [3.63, 3.8) is 0 Å². The van der Waals surface area contributed by atoms with Crippen molar-refractivity contribution in [1.29, 1.82) is 0 Å². The molecule has 0 saturated carbocycles. The van der Waals surface area contributed by atoms with Crippen LogP contribution in [0.2, 0.25) is 0 Å². The van der Waals surface area contributed by atoms with Crippen molar-refractivity contribution in [3.8, 4) is 0 Å². The van der Waals surface area contributed by atoms with Crippen LogP contribution < -0.4 is 14.7 Å². The molecule has 7 heteroatoms. The second-order valence-electron chi connectivity index (χ2n) is 7.56. The van der Waals surface area contributed by atoms with Gasteiger partial charge in [-0.05, 0) is 39.0 Å². The van der Waals surface area contributed by atoms with Gasteiger partial charge in [0.15, 0.2) is 5.13 Å². The predicted molar refractivity (Wildman–Crippen MR) is 107 cm³/mol. The number of piperazine rings is 1. The van der Waals surface area contributed by atoms with Crippen molar-refractivity contribution >= 4 is 28.2 Å². The fourth-order valence-corrected chi connectivity index (χ4v) is 5.40. The Morgan fingerprint density at radius 2 is 1.58 bits per heavy atom. The van der Waals surface area contributed by atoms with Crippen LogP contribution >= 0.6 is 11.3 Å². The first-order valence-corrected chi connectivity index (χ1v) is 10.7. The predicted octanol–water partition coefficient (Wildman–Crippen LogP) is 2.66. The smallest absolute Gasteiger partial charge is 0.227 e. The Balaban J connectivity index is 1.29. The van der Waals surface area contributed by atoms with Gasteiger partial charge in [-0.1, -0.05) is 0 Å². The van der Waals surface area contributed by atoms with E-state index in [1.807, 2.05) is 11.3 Å². The average Bonchev–Trinajstić information content (AvgIpc) is 3.38. The zero-order valence-corrected chi connectivity index (χ0v) is 16.3. The van der Waals surface area contributed by atoms with Gasteiger partial charge in [-0.25, -0.2) is 9.97 Å². The molecule has 0 spiro atoms. The first kappa shape index (κ1) is 16.3. The van der Waals surface area contributed by atoms with Gasteiger partial charge in [0.1, 0.15) is 5.82 Å².